The summed E-state index contributed by atoms with van der Waals surface area (Å²) in [5.41, 5.74) is 1.59. The molecule has 0 unspecified atom stereocenters. The summed E-state index contributed by atoms with van der Waals surface area (Å²) >= 11 is 10.0. The molecule has 0 aliphatic carbocycles. The number of nitro groups is 1. The Balaban J connectivity index is 2.46. The molecule has 0 aliphatic heterocycles. The van der Waals surface area contributed by atoms with Crippen LogP contribution in [0.4, 0.5) is 5.69 Å². The minimum atomic E-state index is -0.420. The summed E-state index contributed by atoms with van der Waals surface area (Å²) in [6.45, 7) is 0. The van der Waals surface area contributed by atoms with E-state index >= 15 is 0 Å². The van der Waals surface area contributed by atoms with E-state index in [9.17, 15) is 10.1 Å². The normalized spacial score (nSPS) is 10.3. The van der Waals surface area contributed by atoms with Gasteiger partial charge in [-0.15, -0.1) is 12.6 Å². The third-order valence-electron chi connectivity index (χ3n) is 2.55. The number of thiol groups is 1. The molecular formula is C13H10ClNO2S. The first kappa shape index (κ1) is 12.9. The molecule has 0 aliphatic rings. The molecule has 18 heavy (non-hydrogen) atoms. The van der Waals surface area contributed by atoms with Crippen molar-refractivity contribution in [2.75, 3.05) is 0 Å². The van der Waals surface area contributed by atoms with Crippen LogP contribution in [0.1, 0.15) is 11.1 Å². The molecule has 2 aromatic rings. The van der Waals surface area contributed by atoms with Gasteiger partial charge in [-0.05, 0) is 17.7 Å². The summed E-state index contributed by atoms with van der Waals surface area (Å²) < 4.78 is 0. The Morgan fingerprint density at radius 2 is 1.89 bits per heavy atom. The maximum atomic E-state index is 11.1. The van der Waals surface area contributed by atoms with Crippen LogP contribution in [0.15, 0.2) is 47.4 Å². The second-order valence-electron chi connectivity index (χ2n) is 3.85. The first-order valence-corrected chi connectivity index (χ1v) is 6.10. The highest BCUT2D eigenvalue weighted by molar-refractivity contribution is 7.80. The zero-order chi connectivity index (χ0) is 13.1. The average Bonchev–Trinajstić information content (AvgIpc) is 2.28. The van der Waals surface area contributed by atoms with Gasteiger partial charge in [0.1, 0.15) is 0 Å². The van der Waals surface area contributed by atoms with Crippen molar-refractivity contribution >= 4 is 29.9 Å². The number of nitrogens with zero attached hydrogens (tertiary/aromatic N) is 1. The van der Waals surface area contributed by atoms with Gasteiger partial charge in [-0.2, -0.15) is 0 Å². The van der Waals surface area contributed by atoms with Gasteiger partial charge >= 0.3 is 0 Å². The monoisotopic (exact) mass is 279 g/mol. The van der Waals surface area contributed by atoms with Gasteiger partial charge in [0, 0.05) is 17.0 Å². The Bertz CT molecular complexity index is 587. The molecule has 0 fully saturated rings. The molecule has 3 nitrogen and oxygen atoms in total. The number of benzene rings is 2. The van der Waals surface area contributed by atoms with E-state index in [1.165, 1.54) is 6.07 Å². The molecule has 0 spiro atoms. The molecule has 92 valence electrons. The smallest absolute Gasteiger partial charge is 0.258 e. The van der Waals surface area contributed by atoms with E-state index in [2.05, 4.69) is 12.6 Å². The lowest BCUT2D eigenvalue weighted by molar-refractivity contribution is -0.388. The van der Waals surface area contributed by atoms with Gasteiger partial charge in [0.2, 0.25) is 0 Å². The van der Waals surface area contributed by atoms with Gasteiger partial charge in [0.05, 0.1) is 9.82 Å². The summed E-state index contributed by atoms with van der Waals surface area (Å²) in [4.78, 5) is 10.9. The van der Waals surface area contributed by atoms with E-state index in [4.69, 9.17) is 11.6 Å². The third-order valence-corrected chi connectivity index (χ3v) is 3.11. The molecule has 0 aromatic heterocycles. The summed E-state index contributed by atoms with van der Waals surface area (Å²) in [5, 5.41) is 11.5. The second-order valence-corrected chi connectivity index (χ2v) is 4.77. The SMILES string of the molecule is O=[N+]([O-])c1c(S)cc(Cl)cc1Cc1ccccc1. The fourth-order valence-electron chi connectivity index (χ4n) is 1.80. The molecule has 0 saturated heterocycles. The van der Waals surface area contributed by atoms with Crippen LogP contribution in [-0.2, 0) is 6.42 Å². The molecule has 0 radical (unpaired) electrons. The van der Waals surface area contributed by atoms with Gasteiger partial charge in [-0.25, -0.2) is 0 Å². The minimum Gasteiger partial charge on any atom is -0.258 e. The average molecular weight is 280 g/mol. The van der Waals surface area contributed by atoms with Crippen molar-refractivity contribution in [3.05, 3.63) is 68.7 Å². The first-order chi connectivity index (χ1) is 8.58. The maximum Gasteiger partial charge on any atom is 0.286 e. The third kappa shape index (κ3) is 2.83. The molecular weight excluding hydrogens is 270 g/mol. The van der Waals surface area contributed by atoms with Crippen LogP contribution >= 0.6 is 24.2 Å². The van der Waals surface area contributed by atoms with E-state index in [1.807, 2.05) is 30.3 Å². The molecule has 2 aromatic carbocycles. The number of nitro benzene ring substituents is 1. The molecule has 2 rings (SSSR count). The molecule has 0 bridgehead atoms. The predicted molar refractivity (Wildman–Crippen MR) is 74.6 cm³/mol. The first-order valence-electron chi connectivity index (χ1n) is 5.27. The molecule has 0 amide bonds. The van der Waals surface area contributed by atoms with Crippen LogP contribution in [0.25, 0.3) is 0 Å². The zero-order valence-corrected chi connectivity index (χ0v) is 11.0. The molecule has 0 N–H and O–H groups in total. The van der Waals surface area contributed by atoms with E-state index in [-0.39, 0.29) is 5.69 Å². The summed E-state index contributed by atoms with van der Waals surface area (Å²) in [5.74, 6) is 0. The van der Waals surface area contributed by atoms with Crippen LogP contribution in [0.2, 0.25) is 5.02 Å². The largest absolute Gasteiger partial charge is 0.286 e. The van der Waals surface area contributed by atoms with Crippen LogP contribution in [0.5, 0.6) is 0 Å². The Hall–Kier alpha value is -1.52. The lowest BCUT2D eigenvalue weighted by atomic mass is 10.0. The summed E-state index contributed by atoms with van der Waals surface area (Å²) in [7, 11) is 0. The number of halogens is 1. The quantitative estimate of drug-likeness (QED) is 0.521. The van der Waals surface area contributed by atoms with Gasteiger partial charge in [-0.3, -0.25) is 10.1 Å². The Kier molecular flexibility index (Phi) is 3.89. The highest BCUT2D eigenvalue weighted by atomic mass is 35.5. The van der Waals surface area contributed by atoms with E-state index < -0.39 is 4.92 Å². The minimum absolute atomic E-state index is 0.0200. The van der Waals surface area contributed by atoms with Crippen LogP contribution in [0, 0.1) is 10.1 Å². The lowest BCUT2D eigenvalue weighted by Gasteiger charge is -2.06. The number of hydrogen-bond donors (Lipinski definition) is 1. The highest BCUT2D eigenvalue weighted by Crippen LogP contribution is 2.32. The number of rotatable bonds is 3. The van der Waals surface area contributed by atoms with Gasteiger partial charge in [0.15, 0.2) is 0 Å². The van der Waals surface area contributed by atoms with Crippen LogP contribution < -0.4 is 0 Å². The lowest BCUT2D eigenvalue weighted by Crippen LogP contribution is -1.98. The fraction of sp³-hybridized carbons (Fsp3) is 0.0769. The van der Waals surface area contributed by atoms with Crippen LogP contribution in [0.3, 0.4) is 0 Å². The van der Waals surface area contributed by atoms with Crippen molar-refractivity contribution < 1.29 is 4.92 Å². The van der Waals surface area contributed by atoms with Crippen molar-refractivity contribution in [1.82, 2.24) is 0 Å². The van der Waals surface area contributed by atoms with E-state index in [0.29, 0.717) is 21.9 Å². The van der Waals surface area contributed by atoms with E-state index in [0.717, 1.165) is 5.56 Å². The van der Waals surface area contributed by atoms with Crippen molar-refractivity contribution in [2.24, 2.45) is 0 Å². The summed E-state index contributed by atoms with van der Waals surface area (Å²) in [6.07, 6.45) is 0.464. The van der Waals surface area contributed by atoms with Gasteiger partial charge in [0.25, 0.3) is 5.69 Å². The number of hydrogen-bond acceptors (Lipinski definition) is 3. The predicted octanol–water partition coefficient (Wildman–Crippen LogP) is 4.13. The van der Waals surface area contributed by atoms with Gasteiger partial charge in [-0.1, -0.05) is 41.9 Å². The van der Waals surface area contributed by atoms with Crippen molar-refractivity contribution in [3.8, 4) is 0 Å². The highest BCUT2D eigenvalue weighted by Gasteiger charge is 2.19. The standard InChI is InChI=1S/C13H10ClNO2S/c14-11-7-10(6-9-4-2-1-3-5-9)13(15(16)17)12(18)8-11/h1-5,7-8,18H,6H2. The van der Waals surface area contributed by atoms with Crippen molar-refractivity contribution in [1.29, 1.82) is 0 Å². The Morgan fingerprint density at radius 3 is 2.50 bits per heavy atom. The Labute approximate surface area is 115 Å². The maximum absolute atomic E-state index is 11.1. The topological polar surface area (TPSA) is 43.1 Å². The molecule has 0 heterocycles. The van der Waals surface area contributed by atoms with E-state index in [1.54, 1.807) is 6.07 Å². The Morgan fingerprint density at radius 1 is 1.22 bits per heavy atom. The second kappa shape index (κ2) is 5.42. The van der Waals surface area contributed by atoms with Crippen LogP contribution in [-0.4, -0.2) is 4.92 Å². The van der Waals surface area contributed by atoms with Crippen molar-refractivity contribution in [2.45, 2.75) is 11.3 Å². The fourth-order valence-corrected chi connectivity index (χ4v) is 2.48. The molecule has 0 saturated carbocycles. The summed E-state index contributed by atoms with van der Waals surface area (Å²) in [6, 6.07) is 12.6. The molecule has 5 heteroatoms. The molecule has 0 atom stereocenters. The van der Waals surface area contributed by atoms with Gasteiger partial charge < -0.3 is 0 Å². The zero-order valence-electron chi connectivity index (χ0n) is 9.34. The van der Waals surface area contributed by atoms with Crippen molar-refractivity contribution in [3.63, 3.8) is 0 Å².